The van der Waals surface area contributed by atoms with Crippen LogP contribution in [0.2, 0.25) is 0 Å². The Balaban J connectivity index is 2.47. The van der Waals surface area contributed by atoms with Crippen LogP contribution in [0.25, 0.3) is 0 Å². The lowest BCUT2D eigenvalue weighted by Gasteiger charge is -2.05. The van der Waals surface area contributed by atoms with Crippen molar-refractivity contribution in [3.63, 3.8) is 0 Å². The average Bonchev–Trinajstić information content (AvgIpc) is 2.36. The van der Waals surface area contributed by atoms with Gasteiger partial charge in [0.05, 0.1) is 12.8 Å². The van der Waals surface area contributed by atoms with Crippen LogP contribution in [-0.2, 0) is 16.0 Å². The lowest BCUT2D eigenvalue weighted by atomic mass is 10.0. The minimum atomic E-state index is -0.548. The number of rotatable bonds is 6. The highest BCUT2D eigenvalue weighted by Crippen LogP contribution is 2.13. The van der Waals surface area contributed by atoms with E-state index in [0.29, 0.717) is 24.7 Å². The number of imide groups is 1. The van der Waals surface area contributed by atoms with Crippen LogP contribution in [0.15, 0.2) is 36.2 Å². The molecule has 0 aromatic heterocycles. The lowest BCUT2D eigenvalue weighted by molar-refractivity contribution is -0.124. The lowest BCUT2D eigenvalue weighted by Crippen LogP contribution is -2.21. The van der Waals surface area contributed by atoms with Crippen LogP contribution in [0, 0.1) is 5.82 Å². The largest absolute Gasteiger partial charge is 0.299 e. The zero-order valence-electron chi connectivity index (χ0n) is 9.66. The van der Waals surface area contributed by atoms with Crippen molar-refractivity contribution in [2.75, 3.05) is 0 Å². The van der Waals surface area contributed by atoms with Gasteiger partial charge in [0.25, 0.3) is 0 Å². The topological polar surface area (TPSA) is 46.2 Å². The number of aryl methyl sites for hydroxylation is 1. The van der Waals surface area contributed by atoms with Gasteiger partial charge in [0.15, 0.2) is 0 Å². The second kappa shape index (κ2) is 7.32. The molecule has 96 valence electrons. The summed E-state index contributed by atoms with van der Waals surface area (Å²) >= 11 is 0. The summed E-state index contributed by atoms with van der Waals surface area (Å²) in [5.74, 6) is -0.877. The molecule has 1 rings (SSSR count). The monoisotopic (exact) mass is 253 g/mol. The fourth-order valence-electron chi connectivity index (χ4n) is 1.46. The van der Waals surface area contributed by atoms with E-state index in [1.54, 1.807) is 12.1 Å². The summed E-state index contributed by atoms with van der Waals surface area (Å²) in [7, 11) is 0. The molecule has 0 spiro atoms. The Morgan fingerprint density at radius 3 is 2.50 bits per heavy atom. The van der Waals surface area contributed by atoms with Gasteiger partial charge in [-0.25, -0.2) is 8.78 Å². The molecule has 0 aliphatic carbocycles. The Bertz CT molecular complexity index is 441. The van der Waals surface area contributed by atoms with Crippen molar-refractivity contribution >= 4 is 12.3 Å². The second-order valence-electron chi connectivity index (χ2n) is 3.76. The summed E-state index contributed by atoms with van der Waals surface area (Å²) in [4.78, 5) is 21.1. The van der Waals surface area contributed by atoms with Crippen molar-refractivity contribution in [2.45, 2.75) is 19.3 Å². The standard InChI is InChI=1S/C13H13F2NO2/c14-8-11(7-13(18)16-9-17)2-1-10-3-5-12(15)6-4-10/h3-6,8-9H,1-2,7H2,(H,16,17,18)/b11-8+. The van der Waals surface area contributed by atoms with Crippen LogP contribution in [0.5, 0.6) is 0 Å². The third-order valence-electron chi connectivity index (χ3n) is 2.41. The summed E-state index contributed by atoms with van der Waals surface area (Å²) in [5, 5.41) is 1.94. The molecule has 0 radical (unpaired) electrons. The van der Waals surface area contributed by atoms with E-state index in [1.807, 2.05) is 5.32 Å². The van der Waals surface area contributed by atoms with Crippen molar-refractivity contribution in [1.29, 1.82) is 0 Å². The number of halogens is 2. The van der Waals surface area contributed by atoms with E-state index in [-0.39, 0.29) is 18.6 Å². The summed E-state index contributed by atoms with van der Waals surface area (Å²) in [6.45, 7) is 0. The third-order valence-corrected chi connectivity index (χ3v) is 2.41. The van der Waals surface area contributed by atoms with E-state index in [4.69, 9.17) is 0 Å². The Morgan fingerprint density at radius 2 is 1.94 bits per heavy atom. The predicted octanol–water partition coefficient (Wildman–Crippen LogP) is 2.27. The van der Waals surface area contributed by atoms with E-state index < -0.39 is 5.91 Å². The Kier molecular flexibility index (Phi) is 5.70. The number of hydrogen-bond acceptors (Lipinski definition) is 2. The molecule has 0 fully saturated rings. The first-order valence-corrected chi connectivity index (χ1v) is 5.41. The highest BCUT2D eigenvalue weighted by molar-refractivity contribution is 5.87. The molecule has 0 aliphatic heterocycles. The van der Waals surface area contributed by atoms with E-state index in [1.165, 1.54) is 12.1 Å². The van der Waals surface area contributed by atoms with Crippen LogP contribution in [0.4, 0.5) is 8.78 Å². The number of carbonyl (C=O) groups is 2. The quantitative estimate of drug-likeness (QED) is 0.790. The normalized spacial score (nSPS) is 11.1. The molecule has 1 N–H and O–H groups in total. The van der Waals surface area contributed by atoms with Gasteiger partial charge >= 0.3 is 0 Å². The van der Waals surface area contributed by atoms with Crippen LogP contribution >= 0.6 is 0 Å². The fraction of sp³-hybridized carbons (Fsp3) is 0.231. The zero-order chi connectivity index (χ0) is 13.4. The first-order chi connectivity index (χ1) is 8.65. The van der Waals surface area contributed by atoms with Gasteiger partial charge < -0.3 is 0 Å². The second-order valence-corrected chi connectivity index (χ2v) is 3.76. The zero-order valence-corrected chi connectivity index (χ0v) is 9.66. The molecule has 0 atom stereocenters. The molecule has 0 saturated carbocycles. The highest BCUT2D eigenvalue weighted by atomic mass is 19.1. The van der Waals surface area contributed by atoms with Gasteiger partial charge in [-0.05, 0) is 36.1 Å². The molecule has 0 aliphatic rings. The summed E-state index contributed by atoms with van der Waals surface area (Å²) in [6, 6.07) is 5.87. The van der Waals surface area contributed by atoms with Gasteiger partial charge in [-0.15, -0.1) is 0 Å². The molecule has 1 aromatic rings. The van der Waals surface area contributed by atoms with Crippen molar-refractivity contribution in [2.24, 2.45) is 0 Å². The highest BCUT2D eigenvalue weighted by Gasteiger charge is 2.06. The van der Waals surface area contributed by atoms with Gasteiger partial charge in [-0.1, -0.05) is 12.1 Å². The van der Waals surface area contributed by atoms with Crippen molar-refractivity contribution in [3.8, 4) is 0 Å². The first-order valence-electron chi connectivity index (χ1n) is 5.41. The van der Waals surface area contributed by atoms with Crippen LogP contribution in [-0.4, -0.2) is 12.3 Å². The molecule has 3 nitrogen and oxygen atoms in total. The Labute approximate surface area is 104 Å². The van der Waals surface area contributed by atoms with Gasteiger partial charge in [0, 0.05) is 0 Å². The van der Waals surface area contributed by atoms with Crippen molar-refractivity contribution < 1.29 is 18.4 Å². The molecular weight excluding hydrogens is 240 g/mol. The first kappa shape index (κ1) is 14.0. The van der Waals surface area contributed by atoms with Crippen LogP contribution in [0.3, 0.4) is 0 Å². The van der Waals surface area contributed by atoms with E-state index >= 15 is 0 Å². The summed E-state index contributed by atoms with van der Waals surface area (Å²) in [6.07, 6.45) is 1.32. The molecule has 0 saturated heterocycles. The van der Waals surface area contributed by atoms with Gasteiger partial charge in [-0.2, -0.15) is 0 Å². The number of hydrogen-bond donors (Lipinski definition) is 1. The molecule has 0 unspecified atom stereocenters. The fourth-order valence-corrected chi connectivity index (χ4v) is 1.46. The maximum Gasteiger partial charge on any atom is 0.230 e. The van der Waals surface area contributed by atoms with Crippen LogP contribution < -0.4 is 5.32 Å². The Morgan fingerprint density at radius 1 is 1.28 bits per heavy atom. The number of amides is 2. The van der Waals surface area contributed by atoms with Crippen LogP contribution in [0.1, 0.15) is 18.4 Å². The van der Waals surface area contributed by atoms with Crippen molar-refractivity contribution in [1.82, 2.24) is 5.32 Å². The number of nitrogens with one attached hydrogen (secondary N) is 1. The van der Waals surface area contributed by atoms with E-state index in [9.17, 15) is 18.4 Å². The van der Waals surface area contributed by atoms with Crippen molar-refractivity contribution in [3.05, 3.63) is 47.5 Å². The predicted molar refractivity (Wildman–Crippen MR) is 62.7 cm³/mol. The number of benzene rings is 1. The molecular formula is C13H13F2NO2. The van der Waals surface area contributed by atoms with Gasteiger partial charge in [0.1, 0.15) is 5.82 Å². The summed E-state index contributed by atoms with van der Waals surface area (Å²) < 4.78 is 25.2. The Hall–Kier alpha value is -2.04. The molecule has 18 heavy (non-hydrogen) atoms. The SMILES string of the molecule is O=CNC(=O)C/C(=C/F)CCc1ccc(F)cc1. The molecule has 0 heterocycles. The van der Waals surface area contributed by atoms with E-state index in [2.05, 4.69) is 0 Å². The average molecular weight is 253 g/mol. The minimum absolute atomic E-state index is 0.156. The molecule has 5 heteroatoms. The molecule has 0 bridgehead atoms. The number of carbonyl (C=O) groups excluding carboxylic acids is 2. The maximum absolute atomic E-state index is 12.7. The van der Waals surface area contributed by atoms with Gasteiger partial charge in [-0.3, -0.25) is 14.9 Å². The smallest absolute Gasteiger partial charge is 0.230 e. The van der Waals surface area contributed by atoms with Gasteiger partial charge in [0.2, 0.25) is 12.3 Å². The molecule has 2 amide bonds. The summed E-state index contributed by atoms with van der Waals surface area (Å²) in [5.41, 5.74) is 1.14. The molecule has 1 aromatic carbocycles. The minimum Gasteiger partial charge on any atom is -0.299 e. The maximum atomic E-state index is 12.7. The third kappa shape index (κ3) is 4.86. The van der Waals surface area contributed by atoms with E-state index in [0.717, 1.165) is 5.56 Å².